The van der Waals surface area contributed by atoms with E-state index in [4.69, 9.17) is 26.7 Å². The number of phenolic OH excluding ortho intramolecular Hbond substituents is 6. The summed E-state index contributed by atoms with van der Waals surface area (Å²) in [4.78, 5) is 120. The van der Waals surface area contributed by atoms with Gasteiger partial charge in [-0.25, -0.2) is 14.4 Å². The molecule has 0 heterocycles. The third-order valence-electron chi connectivity index (χ3n) is 11.3. The molecule has 0 bridgehead atoms. The van der Waals surface area contributed by atoms with Gasteiger partial charge in [-0.05, 0) is 114 Å². The van der Waals surface area contributed by atoms with E-state index in [0.29, 0.717) is 19.3 Å². The molecule has 416 valence electrons. The van der Waals surface area contributed by atoms with Gasteiger partial charge in [0.1, 0.15) is 31.3 Å². The molecule has 6 atom stereocenters. The number of esters is 2. The zero-order valence-electron chi connectivity index (χ0n) is 41.1. The number of carbonyl (C=O) groups is 9. The Morgan fingerprint density at radius 2 is 0.724 bits per heavy atom. The number of hydrogen-bond donors (Lipinski definition) is 17. The Morgan fingerprint density at radius 1 is 0.421 bits per heavy atom. The number of rotatable bonds is 32. The van der Waals surface area contributed by atoms with Crippen LogP contribution in [0.1, 0.15) is 88.9 Å². The maximum Gasteiger partial charge on any atom is 0.332 e. The lowest BCUT2D eigenvalue weighted by Crippen LogP contribution is -2.56. The van der Waals surface area contributed by atoms with Crippen LogP contribution >= 0.6 is 0 Å². The molecule has 0 unspecified atom stereocenters. The number of carboxylic acid groups (broad SMARTS) is 1. The summed E-state index contributed by atoms with van der Waals surface area (Å²) >= 11 is 0. The van der Waals surface area contributed by atoms with E-state index in [1.165, 1.54) is 18.2 Å². The van der Waals surface area contributed by atoms with Crippen molar-refractivity contribution in [3.63, 3.8) is 0 Å². The van der Waals surface area contributed by atoms with Gasteiger partial charge in [0, 0.05) is 0 Å². The van der Waals surface area contributed by atoms with Gasteiger partial charge in [0.05, 0.1) is 23.3 Å². The van der Waals surface area contributed by atoms with Crippen LogP contribution in [0.5, 0.6) is 34.5 Å². The number of benzene rings is 3. The number of carbonyl (C=O) groups excluding carboxylic acids is 8. The first-order valence-electron chi connectivity index (χ1n) is 23.8. The second-order valence-corrected chi connectivity index (χ2v) is 16.9. The maximum absolute atomic E-state index is 14.0. The molecule has 20 N–H and O–H groups in total. The van der Waals surface area contributed by atoms with Gasteiger partial charge in [-0.1, -0.05) is 18.2 Å². The average Bonchev–Trinajstić information content (AvgIpc) is 3.38. The number of unbranched alkanes of at least 4 members (excludes halogenated alkanes) is 3. The number of ether oxygens (including phenoxy) is 2. The van der Waals surface area contributed by atoms with Crippen molar-refractivity contribution < 1.29 is 93.5 Å². The van der Waals surface area contributed by atoms with Crippen LogP contribution in [-0.4, -0.2) is 170 Å². The molecule has 0 aliphatic rings. The molecule has 0 aliphatic carbocycles. The van der Waals surface area contributed by atoms with Crippen LogP contribution in [-0.2, 0) is 38.2 Å². The molecule has 76 heavy (non-hydrogen) atoms. The number of phenols is 6. The van der Waals surface area contributed by atoms with Gasteiger partial charge in [-0.2, -0.15) is 0 Å². The van der Waals surface area contributed by atoms with Crippen molar-refractivity contribution in [2.45, 2.75) is 94.0 Å². The van der Waals surface area contributed by atoms with Crippen LogP contribution in [0.2, 0.25) is 0 Å². The van der Waals surface area contributed by atoms with Gasteiger partial charge in [0.2, 0.25) is 17.7 Å². The number of aliphatic carboxylic acids is 1. The number of aliphatic hydroxyl groups excluding tert-OH is 1. The number of amides is 6. The minimum atomic E-state index is -2.10. The molecule has 6 amide bonds. The van der Waals surface area contributed by atoms with E-state index >= 15 is 0 Å². The summed E-state index contributed by atoms with van der Waals surface area (Å²) in [5, 5.41) is 94.5. The lowest BCUT2D eigenvalue weighted by atomic mass is 10.1. The second-order valence-electron chi connectivity index (χ2n) is 16.9. The molecular weight excluding hydrogens is 1010 g/mol. The summed E-state index contributed by atoms with van der Waals surface area (Å²) < 4.78 is 10.5. The highest BCUT2D eigenvalue weighted by atomic mass is 16.6. The molecule has 0 aliphatic heterocycles. The first kappa shape index (κ1) is 61.8. The third kappa shape index (κ3) is 18.8. The summed E-state index contributed by atoms with van der Waals surface area (Å²) in [6, 6.07) is -0.164. The summed E-state index contributed by atoms with van der Waals surface area (Å²) in [5.74, 6) is -15.6. The average molecular weight is 1070 g/mol. The lowest BCUT2D eigenvalue weighted by molar-refractivity contribution is -0.158. The Morgan fingerprint density at radius 3 is 1.04 bits per heavy atom. The van der Waals surface area contributed by atoms with Crippen LogP contribution in [0, 0.1) is 0 Å². The van der Waals surface area contributed by atoms with Crippen molar-refractivity contribution in [3.8, 4) is 34.5 Å². The standard InChI is InChI=1S/C48H65N9O19/c49-19-4-1-13-28(52-40(65)25-10-7-16-34(59)37(25)62)43(68)55-31(22-58)47(73)76-24-33(57-45(70)30(15-3-6-21-51)54-42(67)27-12-9-18-36(61)39(27)64)48(74)75-23-32(46(71)72)56-44(69)29(14-2-5-20-50)53-41(66)26-11-8-17-35(60)38(26)63/h7-12,16-18,28-33,58-64H,1-6,13-15,19-24,49-51H2,(H,52,65)(H,53,66)(H,54,67)(H,55,68)(H,56,69)(H,57,70)(H,71,72)/t28-,29-,30-,31+,32+,33+/m1/s1. The van der Waals surface area contributed by atoms with Crippen molar-refractivity contribution in [2.24, 2.45) is 17.2 Å². The van der Waals surface area contributed by atoms with Gasteiger partial charge < -0.3 is 99.4 Å². The number of aromatic hydroxyl groups is 6. The van der Waals surface area contributed by atoms with E-state index in [2.05, 4.69) is 31.9 Å². The molecule has 0 spiro atoms. The minimum Gasteiger partial charge on any atom is -0.504 e. The SMILES string of the molecule is NCCCC[C@@H](NC(=O)c1cccc(O)c1O)C(=O)N[C@@H](COC(=O)[C@H](COC(=O)[C@H](CO)NC(=O)[C@@H](CCCCN)NC(=O)c1cccc(O)c1O)NC(=O)[C@@H](CCCCN)NC(=O)c1cccc(O)c1O)C(=O)O. The molecule has 0 aromatic heterocycles. The van der Waals surface area contributed by atoms with Gasteiger partial charge in [0.25, 0.3) is 17.7 Å². The molecule has 3 rings (SSSR count). The first-order chi connectivity index (χ1) is 36.2. The summed E-state index contributed by atoms with van der Waals surface area (Å²) in [6.45, 7) is -2.99. The minimum absolute atomic E-state index is 0.0828. The van der Waals surface area contributed by atoms with E-state index in [0.717, 1.165) is 36.4 Å². The summed E-state index contributed by atoms with van der Waals surface area (Å²) in [5.41, 5.74) is 15.5. The van der Waals surface area contributed by atoms with Crippen LogP contribution in [0.4, 0.5) is 0 Å². The first-order valence-corrected chi connectivity index (χ1v) is 23.8. The number of carboxylic acids is 1. The highest BCUT2D eigenvalue weighted by molar-refractivity contribution is 6.02. The zero-order chi connectivity index (χ0) is 56.5. The van der Waals surface area contributed by atoms with Crippen LogP contribution in [0.15, 0.2) is 54.6 Å². The van der Waals surface area contributed by atoms with Gasteiger partial charge in [-0.3, -0.25) is 28.8 Å². The molecule has 3 aromatic rings. The van der Waals surface area contributed by atoms with Crippen LogP contribution in [0.25, 0.3) is 0 Å². The predicted molar refractivity (Wildman–Crippen MR) is 264 cm³/mol. The van der Waals surface area contributed by atoms with Crippen LogP contribution in [0.3, 0.4) is 0 Å². The molecule has 3 aromatic carbocycles. The number of aliphatic hydroxyl groups is 1. The number of para-hydroxylation sites is 3. The fourth-order valence-electron chi connectivity index (χ4n) is 7.01. The van der Waals surface area contributed by atoms with E-state index in [9.17, 15) is 84.0 Å². The van der Waals surface area contributed by atoms with Gasteiger partial charge in [0.15, 0.2) is 52.6 Å². The Labute approximate surface area is 434 Å². The number of nitrogens with two attached hydrogens (primary N) is 3. The Balaban J connectivity index is 1.91. The Hall–Kier alpha value is -8.47. The zero-order valence-corrected chi connectivity index (χ0v) is 41.1. The number of hydrogen-bond acceptors (Lipinski definition) is 21. The smallest absolute Gasteiger partial charge is 0.332 e. The van der Waals surface area contributed by atoms with Crippen molar-refractivity contribution in [3.05, 3.63) is 71.3 Å². The van der Waals surface area contributed by atoms with E-state index in [1.807, 2.05) is 0 Å². The van der Waals surface area contributed by atoms with E-state index in [-0.39, 0.29) is 58.2 Å². The number of nitrogens with one attached hydrogen (secondary N) is 6. The fraction of sp³-hybridized carbons (Fsp3) is 0.438. The van der Waals surface area contributed by atoms with E-state index in [1.54, 1.807) is 0 Å². The highest BCUT2D eigenvalue weighted by Gasteiger charge is 2.35. The van der Waals surface area contributed by atoms with E-state index < -0.39 is 161 Å². The molecule has 0 saturated heterocycles. The van der Waals surface area contributed by atoms with Gasteiger partial charge in [-0.15, -0.1) is 0 Å². The molecular formula is C48H65N9O19. The molecule has 28 heteroatoms. The molecule has 0 saturated carbocycles. The molecule has 0 radical (unpaired) electrons. The predicted octanol–water partition coefficient (Wildman–Crippen LogP) is -2.38. The molecule has 0 fully saturated rings. The van der Waals surface area contributed by atoms with Crippen molar-refractivity contribution >= 4 is 53.4 Å². The lowest BCUT2D eigenvalue weighted by Gasteiger charge is -2.25. The van der Waals surface area contributed by atoms with Crippen molar-refractivity contribution in [1.82, 2.24) is 31.9 Å². The second kappa shape index (κ2) is 31.3. The quantitative estimate of drug-likeness (QED) is 0.0176. The maximum atomic E-state index is 14.0. The molecule has 28 nitrogen and oxygen atoms in total. The van der Waals surface area contributed by atoms with Crippen molar-refractivity contribution in [1.29, 1.82) is 0 Å². The third-order valence-corrected chi connectivity index (χ3v) is 11.3. The summed E-state index contributed by atoms with van der Waals surface area (Å²) in [7, 11) is 0. The Kier molecular flexibility index (Phi) is 25.5. The van der Waals surface area contributed by atoms with Gasteiger partial charge >= 0.3 is 17.9 Å². The summed E-state index contributed by atoms with van der Waals surface area (Å²) in [6.07, 6.45) is 1.37. The normalized spacial score (nSPS) is 13.3. The Bertz CT molecular complexity index is 2510. The van der Waals surface area contributed by atoms with Crippen molar-refractivity contribution in [2.75, 3.05) is 39.5 Å². The fourth-order valence-corrected chi connectivity index (χ4v) is 7.01. The highest BCUT2D eigenvalue weighted by Crippen LogP contribution is 2.30. The monoisotopic (exact) mass is 1070 g/mol. The van der Waals surface area contributed by atoms with Crippen LogP contribution < -0.4 is 49.1 Å². The topological polar surface area (TPSA) is 484 Å². The largest absolute Gasteiger partial charge is 0.504 e.